The molecule has 0 unspecified atom stereocenters. The molecular formula is C17H16FN3OS. The summed E-state index contributed by atoms with van der Waals surface area (Å²) >= 11 is 1.62. The fourth-order valence-corrected chi connectivity index (χ4v) is 3.63. The van der Waals surface area contributed by atoms with Crippen LogP contribution in [0.5, 0.6) is 0 Å². The lowest BCUT2D eigenvalue weighted by Crippen LogP contribution is -2.37. The van der Waals surface area contributed by atoms with E-state index < -0.39 is 0 Å². The first-order valence-corrected chi connectivity index (χ1v) is 8.44. The average Bonchev–Trinajstić information content (AvgIpc) is 3.13. The number of nitrogens with zero attached hydrogens (tertiary/aromatic N) is 3. The van der Waals surface area contributed by atoms with E-state index in [0.717, 1.165) is 35.7 Å². The molecule has 23 heavy (non-hydrogen) atoms. The van der Waals surface area contributed by atoms with Gasteiger partial charge in [0.2, 0.25) is 0 Å². The predicted molar refractivity (Wildman–Crippen MR) is 87.8 cm³/mol. The third-order valence-electron chi connectivity index (χ3n) is 4.07. The molecule has 4 nitrogen and oxygen atoms in total. The second-order valence-corrected chi connectivity index (χ2v) is 6.50. The van der Waals surface area contributed by atoms with Gasteiger partial charge in [0.15, 0.2) is 0 Å². The highest BCUT2D eigenvalue weighted by Crippen LogP contribution is 2.26. The standard InChI is InChI=1S/C17H16FN3OS/c18-14-4-3-12(16-13(14)2-1-5-19-16)10-21-7-8-22-15(11-21)17-20-6-9-23-17/h1-6,9,15H,7-8,10-11H2/t15-/m0/s1. The van der Waals surface area contributed by atoms with Crippen molar-refractivity contribution in [3.8, 4) is 0 Å². The molecule has 0 bridgehead atoms. The van der Waals surface area contributed by atoms with Crippen molar-refractivity contribution in [3.63, 3.8) is 0 Å². The first-order chi connectivity index (χ1) is 11.3. The third-order valence-corrected chi connectivity index (χ3v) is 4.94. The summed E-state index contributed by atoms with van der Waals surface area (Å²) in [6.07, 6.45) is 3.53. The number of rotatable bonds is 3. The molecule has 6 heteroatoms. The van der Waals surface area contributed by atoms with Crippen molar-refractivity contribution in [3.05, 3.63) is 58.4 Å². The van der Waals surface area contributed by atoms with Gasteiger partial charge in [0, 0.05) is 42.8 Å². The van der Waals surface area contributed by atoms with Crippen LogP contribution in [0.3, 0.4) is 0 Å². The normalized spacial score (nSPS) is 19.3. The molecule has 1 aliphatic rings. The Morgan fingerprint density at radius 3 is 3.09 bits per heavy atom. The first-order valence-electron chi connectivity index (χ1n) is 7.57. The minimum Gasteiger partial charge on any atom is -0.368 e. The van der Waals surface area contributed by atoms with Crippen molar-refractivity contribution in [2.75, 3.05) is 19.7 Å². The lowest BCUT2D eigenvalue weighted by Gasteiger charge is -2.32. The lowest BCUT2D eigenvalue weighted by molar-refractivity contribution is -0.0329. The second-order valence-electron chi connectivity index (χ2n) is 5.57. The zero-order valence-electron chi connectivity index (χ0n) is 12.5. The van der Waals surface area contributed by atoms with Gasteiger partial charge in [-0.2, -0.15) is 0 Å². The molecule has 1 aliphatic heterocycles. The quantitative estimate of drug-likeness (QED) is 0.738. The van der Waals surface area contributed by atoms with E-state index in [1.807, 2.05) is 11.4 Å². The van der Waals surface area contributed by atoms with Gasteiger partial charge in [-0.3, -0.25) is 9.88 Å². The summed E-state index contributed by atoms with van der Waals surface area (Å²) < 4.78 is 19.7. The van der Waals surface area contributed by atoms with Crippen LogP contribution < -0.4 is 0 Å². The van der Waals surface area contributed by atoms with Gasteiger partial charge in [0.1, 0.15) is 16.9 Å². The average molecular weight is 329 g/mol. The molecule has 0 saturated carbocycles. The molecule has 1 aromatic carbocycles. The van der Waals surface area contributed by atoms with Crippen LogP contribution in [0.2, 0.25) is 0 Å². The van der Waals surface area contributed by atoms with Crippen LogP contribution in [0.15, 0.2) is 42.0 Å². The van der Waals surface area contributed by atoms with E-state index in [0.29, 0.717) is 12.0 Å². The molecule has 1 atom stereocenters. The largest absolute Gasteiger partial charge is 0.368 e. The zero-order chi connectivity index (χ0) is 15.6. The number of thiazole rings is 1. The molecule has 2 aromatic heterocycles. The number of pyridine rings is 1. The van der Waals surface area contributed by atoms with Crippen LogP contribution in [-0.2, 0) is 11.3 Å². The summed E-state index contributed by atoms with van der Waals surface area (Å²) in [5.74, 6) is -0.223. The molecule has 118 valence electrons. The van der Waals surface area contributed by atoms with E-state index in [-0.39, 0.29) is 11.9 Å². The summed E-state index contributed by atoms with van der Waals surface area (Å²) in [6.45, 7) is 3.06. The summed E-state index contributed by atoms with van der Waals surface area (Å²) in [4.78, 5) is 11.0. The summed E-state index contributed by atoms with van der Waals surface area (Å²) in [6, 6.07) is 6.90. The maximum Gasteiger partial charge on any atom is 0.132 e. The fraction of sp³-hybridized carbons (Fsp3) is 0.294. The van der Waals surface area contributed by atoms with Crippen LogP contribution in [0, 0.1) is 5.82 Å². The molecule has 0 N–H and O–H groups in total. The van der Waals surface area contributed by atoms with Crippen molar-refractivity contribution in [1.29, 1.82) is 0 Å². The molecule has 0 radical (unpaired) electrons. The fourth-order valence-electron chi connectivity index (χ4n) is 2.95. The van der Waals surface area contributed by atoms with E-state index in [9.17, 15) is 4.39 Å². The molecule has 1 fully saturated rings. The Bertz CT molecular complexity index is 809. The number of halogens is 1. The maximum absolute atomic E-state index is 13.9. The molecule has 3 heterocycles. The minimum atomic E-state index is -0.223. The Kier molecular flexibility index (Phi) is 4.03. The smallest absolute Gasteiger partial charge is 0.132 e. The molecule has 0 spiro atoms. The highest BCUT2D eigenvalue weighted by molar-refractivity contribution is 7.09. The molecular weight excluding hydrogens is 313 g/mol. The number of hydrogen-bond donors (Lipinski definition) is 0. The monoisotopic (exact) mass is 329 g/mol. The number of aromatic nitrogens is 2. The minimum absolute atomic E-state index is 0.0171. The topological polar surface area (TPSA) is 38.2 Å². The van der Waals surface area contributed by atoms with E-state index in [2.05, 4.69) is 14.9 Å². The van der Waals surface area contributed by atoms with Gasteiger partial charge < -0.3 is 4.74 Å². The van der Waals surface area contributed by atoms with E-state index in [1.54, 1.807) is 35.9 Å². The lowest BCUT2D eigenvalue weighted by atomic mass is 10.1. The molecule has 4 rings (SSSR count). The number of benzene rings is 1. The highest BCUT2D eigenvalue weighted by Gasteiger charge is 2.24. The Morgan fingerprint density at radius 1 is 1.26 bits per heavy atom. The van der Waals surface area contributed by atoms with Crippen LogP contribution >= 0.6 is 11.3 Å². The predicted octanol–water partition coefficient (Wildman–Crippen LogP) is 3.40. The van der Waals surface area contributed by atoms with Gasteiger partial charge in [0.05, 0.1) is 12.1 Å². The second kappa shape index (κ2) is 6.31. The van der Waals surface area contributed by atoms with Gasteiger partial charge >= 0.3 is 0 Å². The number of hydrogen-bond acceptors (Lipinski definition) is 5. The van der Waals surface area contributed by atoms with Gasteiger partial charge in [-0.25, -0.2) is 9.37 Å². The van der Waals surface area contributed by atoms with Gasteiger partial charge in [-0.15, -0.1) is 11.3 Å². The number of morpholine rings is 1. The maximum atomic E-state index is 13.9. The zero-order valence-corrected chi connectivity index (χ0v) is 13.3. The van der Waals surface area contributed by atoms with Crippen LogP contribution in [0.1, 0.15) is 16.7 Å². The Morgan fingerprint density at radius 2 is 2.22 bits per heavy atom. The van der Waals surface area contributed by atoms with Gasteiger partial charge in [-0.05, 0) is 23.8 Å². The van der Waals surface area contributed by atoms with Crippen molar-refractivity contribution >= 4 is 22.2 Å². The van der Waals surface area contributed by atoms with Crippen molar-refractivity contribution < 1.29 is 9.13 Å². The number of ether oxygens (including phenoxy) is 1. The molecule has 0 aliphatic carbocycles. The Balaban J connectivity index is 1.57. The molecule has 0 amide bonds. The van der Waals surface area contributed by atoms with Crippen molar-refractivity contribution in [2.24, 2.45) is 0 Å². The molecule has 1 saturated heterocycles. The first kappa shape index (κ1) is 14.7. The van der Waals surface area contributed by atoms with E-state index >= 15 is 0 Å². The summed E-state index contributed by atoms with van der Waals surface area (Å²) in [7, 11) is 0. The van der Waals surface area contributed by atoms with Crippen LogP contribution in [0.25, 0.3) is 10.9 Å². The van der Waals surface area contributed by atoms with Crippen LogP contribution in [0.4, 0.5) is 4.39 Å². The van der Waals surface area contributed by atoms with Crippen LogP contribution in [-0.4, -0.2) is 34.6 Å². The summed E-state index contributed by atoms with van der Waals surface area (Å²) in [5.41, 5.74) is 1.78. The Labute approximate surface area is 137 Å². The Hall–Kier alpha value is -1.89. The van der Waals surface area contributed by atoms with E-state index in [4.69, 9.17) is 4.74 Å². The number of fused-ring (bicyclic) bond motifs is 1. The SMILES string of the molecule is Fc1ccc(CN2CCO[C@H](c3nccs3)C2)c2ncccc12. The highest BCUT2D eigenvalue weighted by atomic mass is 32.1. The van der Waals surface area contributed by atoms with Crippen molar-refractivity contribution in [1.82, 2.24) is 14.9 Å². The third kappa shape index (κ3) is 2.97. The van der Waals surface area contributed by atoms with E-state index in [1.165, 1.54) is 6.07 Å². The summed E-state index contributed by atoms with van der Waals surface area (Å²) in [5, 5.41) is 3.56. The van der Waals surface area contributed by atoms with Crippen molar-refractivity contribution in [2.45, 2.75) is 12.6 Å². The van der Waals surface area contributed by atoms with Gasteiger partial charge in [0.25, 0.3) is 0 Å². The molecule has 3 aromatic rings. The van der Waals surface area contributed by atoms with Gasteiger partial charge in [-0.1, -0.05) is 6.07 Å².